The van der Waals surface area contributed by atoms with Crippen LogP contribution in [0, 0.1) is 5.92 Å². The molecule has 0 aromatic rings. The van der Waals surface area contributed by atoms with Gasteiger partial charge in [0, 0.05) is 13.0 Å². The Morgan fingerprint density at radius 2 is 2.27 bits per heavy atom. The summed E-state index contributed by atoms with van der Waals surface area (Å²) >= 11 is 0. The number of hydrogen-bond donors (Lipinski definition) is 1. The molecule has 1 aliphatic rings. The minimum Gasteiger partial charge on any atom is -0.354 e. The third kappa shape index (κ3) is 3.40. The van der Waals surface area contributed by atoms with Crippen molar-refractivity contribution in [3.8, 4) is 0 Å². The predicted molar refractivity (Wildman–Crippen MR) is 45.2 cm³/mol. The number of carbonyl (C=O) groups excluding carboxylic acids is 1. The Morgan fingerprint density at radius 3 is 2.64 bits per heavy atom. The quantitative estimate of drug-likeness (QED) is 0.657. The average molecular weight is 155 g/mol. The molecule has 0 spiro atoms. The first-order valence-corrected chi connectivity index (χ1v) is 4.49. The molecule has 0 aromatic carbocycles. The molecule has 0 bridgehead atoms. The van der Waals surface area contributed by atoms with Crippen molar-refractivity contribution >= 4 is 5.91 Å². The lowest BCUT2D eigenvalue weighted by Gasteiger charge is -2.14. The molecule has 1 amide bonds. The smallest absolute Gasteiger partial charge is 0.217 e. The van der Waals surface area contributed by atoms with Gasteiger partial charge in [-0.1, -0.05) is 19.8 Å². The Balaban J connectivity index is 2.17. The Kier molecular flexibility index (Phi) is 2.92. The fourth-order valence-corrected chi connectivity index (χ4v) is 1.37. The number of carbonyl (C=O) groups is 1. The molecule has 2 nitrogen and oxygen atoms in total. The van der Waals surface area contributed by atoms with Crippen molar-refractivity contribution in [2.24, 2.45) is 5.92 Å². The van der Waals surface area contributed by atoms with Gasteiger partial charge in [0.15, 0.2) is 0 Å². The van der Waals surface area contributed by atoms with Gasteiger partial charge in [0.2, 0.25) is 5.91 Å². The van der Waals surface area contributed by atoms with Gasteiger partial charge in [-0.3, -0.25) is 4.79 Å². The molecule has 0 aromatic heterocycles. The summed E-state index contributed by atoms with van der Waals surface area (Å²) < 4.78 is 0. The van der Waals surface area contributed by atoms with Gasteiger partial charge < -0.3 is 5.32 Å². The highest BCUT2D eigenvalue weighted by Crippen LogP contribution is 2.33. The Labute approximate surface area is 68.4 Å². The zero-order valence-electron chi connectivity index (χ0n) is 7.39. The van der Waals surface area contributed by atoms with Crippen molar-refractivity contribution < 1.29 is 4.79 Å². The first-order valence-electron chi connectivity index (χ1n) is 4.49. The lowest BCUT2D eigenvalue weighted by atomic mass is 10.1. The van der Waals surface area contributed by atoms with E-state index in [0.717, 1.165) is 12.3 Å². The Hall–Kier alpha value is -0.530. The van der Waals surface area contributed by atoms with Gasteiger partial charge in [-0.25, -0.2) is 0 Å². The number of hydrogen-bond acceptors (Lipinski definition) is 1. The number of nitrogens with one attached hydrogen (secondary N) is 1. The number of amides is 1. The normalized spacial score (nSPS) is 19.5. The zero-order valence-corrected chi connectivity index (χ0v) is 7.39. The molecular weight excluding hydrogens is 138 g/mol. The summed E-state index contributed by atoms with van der Waals surface area (Å²) in [5, 5.41) is 2.96. The molecule has 0 saturated heterocycles. The Bertz CT molecular complexity index is 140. The van der Waals surface area contributed by atoms with Gasteiger partial charge in [-0.2, -0.15) is 0 Å². The van der Waals surface area contributed by atoms with Gasteiger partial charge in [-0.05, 0) is 18.8 Å². The molecule has 0 aliphatic heterocycles. The molecule has 0 radical (unpaired) electrons. The summed E-state index contributed by atoms with van der Waals surface area (Å²) in [7, 11) is 0. The molecule has 1 unspecified atom stereocenters. The fourth-order valence-electron chi connectivity index (χ4n) is 1.37. The lowest BCUT2D eigenvalue weighted by Crippen LogP contribution is -2.32. The second-order valence-electron chi connectivity index (χ2n) is 3.48. The van der Waals surface area contributed by atoms with Crippen molar-refractivity contribution in [3.63, 3.8) is 0 Å². The van der Waals surface area contributed by atoms with Crippen molar-refractivity contribution in [2.45, 2.75) is 45.6 Å². The van der Waals surface area contributed by atoms with Crippen LogP contribution in [-0.4, -0.2) is 11.9 Å². The molecule has 11 heavy (non-hydrogen) atoms. The minimum absolute atomic E-state index is 0.109. The second kappa shape index (κ2) is 3.74. The zero-order chi connectivity index (χ0) is 8.27. The third-order valence-corrected chi connectivity index (χ3v) is 2.21. The van der Waals surface area contributed by atoms with Gasteiger partial charge >= 0.3 is 0 Å². The van der Waals surface area contributed by atoms with E-state index in [1.54, 1.807) is 6.92 Å². The van der Waals surface area contributed by atoms with E-state index in [-0.39, 0.29) is 5.91 Å². The van der Waals surface area contributed by atoms with Crippen LogP contribution in [0.2, 0.25) is 0 Å². The molecule has 2 heteroatoms. The maximum absolute atomic E-state index is 10.7. The van der Waals surface area contributed by atoms with E-state index < -0.39 is 0 Å². The van der Waals surface area contributed by atoms with Crippen LogP contribution in [0.1, 0.15) is 39.5 Å². The van der Waals surface area contributed by atoms with Crippen molar-refractivity contribution in [2.75, 3.05) is 0 Å². The Morgan fingerprint density at radius 1 is 1.64 bits per heavy atom. The van der Waals surface area contributed by atoms with Crippen LogP contribution >= 0.6 is 0 Å². The molecule has 1 aliphatic carbocycles. The molecule has 1 fully saturated rings. The van der Waals surface area contributed by atoms with E-state index in [1.165, 1.54) is 19.3 Å². The molecule has 1 atom stereocenters. The van der Waals surface area contributed by atoms with Crippen LogP contribution in [0.3, 0.4) is 0 Å². The average Bonchev–Trinajstić information content (AvgIpc) is 2.69. The minimum atomic E-state index is 0.109. The van der Waals surface area contributed by atoms with Crippen LogP contribution in [0.4, 0.5) is 0 Å². The highest BCUT2D eigenvalue weighted by Gasteiger charge is 2.24. The highest BCUT2D eigenvalue weighted by atomic mass is 16.1. The van der Waals surface area contributed by atoms with Crippen molar-refractivity contribution in [1.29, 1.82) is 0 Å². The van der Waals surface area contributed by atoms with Gasteiger partial charge in [0.1, 0.15) is 0 Å². The maximum atomic E-state index is 10.7. The summed E-state index contributed by atoms with van der Waals surface area (Å²) in [6.07, 6.45) is 5.00. The third-order valence-electron chi connectivity index (χ3n) is 2.21. The molecule has 64 valence electrons. The molecule has 0 heterocycles. The highest BCUT2D eigenvalue weighted by molar-refractivity contribution is 5.73. The fraction of sp³-hybridized carbons (Fsp3) is 0.889. The second-order valence-corrected chi connectivity index (χ2v) is 3.48. The van der Waals surface area contributed by atoms with Crippen molar-refractivity contribution in [1.82, 2.24) is 5.32 Å². The first kappa shape index (κ1) is 8.57. The van der Waals surface area contributed by atoms with E-state index in [2.05, 4.69) is 12.2 Å². The van der Waals surface area contributed by atoms with Gasteiger partial charge in [0.25, 0.3) is 0 Å². The predicted octanol–water partition coefficient (Wildman–Crippen LogP) is 1.70. The van der Waals surface area contributed by atoms with Crippen molar-refractivity contribution in [3.05, 3.63) is 0 Å². The monoisotopic (exact) mass is 155 g/mol. The van der Waals surface area contributed by atoms with E-state index in [1.807, 2.05) is 0 Å². The van der Waals surface area contributed by atoms with Gasteiger partial charge in [-0.15, -0.1) is 0 Å². The molecule has 1 rings (SSSR count). The molecule has 1 N–H and O–H groups in total. The SMILES string of the molecule is CCC(CC1CC1)NC(C)=O. The summed E-state index contributed by atoms with van der Waals surface area (Å²) in [5.41, 5.74) is 0. The van der Waals surface area contributed by atoms with E-state index in [9.17, 15) is 4.79 Å². The van der Waals surface area contributed by atoms with E-state index in [4.69, 9.17) is 0 Å². The van der Waals surface area contributed by atoms with E-state index in [0.29, 0.717) is 6.04 Å². The number of rotatable bonds is 4. The summed E-state index contributed by atoms with van der Waals surface area (Å²) in [6.45, 7) is 3.72. The van der Waals surface area contributed by atoms with Gasteiger partial charge in [0.05, 0.1) is 0 Å². The molecular formula is C9H17NO. The lowest BCUT2D eigenvalue weighted by molar-refractivity contribution is -0.119. The summed E-state index contributed by atoms with van der Waals surface area (Å²) in [4.78, 5) is 10.7. The van der Waals surface area contributed by atoms with Crippen LogP contribution in [0.25, 0.3) is 0 Å². The topological polar surface area (TPSA) is 29.1 Å². The van der Waals surface area contributed by atoms with Crippen LogP contribution in [0.5, 0.6) is 0 Å². The maximum Gasteiger partial charge on any atom is 0.217 e. The standard InChI is InChI=1S/C9H17NO/c1-3-9(10-7(2)11)6-8-4-5-8/h8-9H,3-6H2,1-2H3,(H,10,11). The van der Waals surface area contributed by atoms with Crippen LogP contribution < -0.4 is 5.32 Å². The summed E-state index contributed by atoms with van der Waals surface area (Å²) in [6, 6.07) is 0.431. The summed E-state index contributed by atoms with van der Waals surface area (Å²) in [5.74, 6) is 1.02. The van der Waals surface area contributed by atoms with E-state index >= 15 is 0 Å². The molecule has 1 saturated carbocycles. The largest absolute Gasteiger partial charge is 0.354 e. The van der Waals surface area contributed by atoms with Crippen LogP contribution in [0.15, 0.2) is 0 Å². The first-order chi connectivity index (χ1) is 5.22. The van der Waals surface area contributed by atoms with Crippen LogP contribution in [-0.2, 0) is 4.79 Å².